The molecular formula is C29H27N5O3. The first-order chi connectivity index (χ1) is 18.0. The Balaban J connectivity index is 1.37. The van der Waals surface area contributed by atoms with Crippen molar-refractivity contribution in [1.82, 2.24) is 19.8 Å². The highest BCUT2D eigenvalue weighted by Crippen LogP contribution is 2.32. The van der Waals surface area contributed by atoms with Gasteiger partial charge < -0.3 is 15.7 Å². The molecule has 0 aliphatic carbocycles. The zero-order chi connectivity index (χ0) is 25.5. The first kappa shape index (κ1) is 23.1. The predicted octanol–water partition coefficient (Wildman–Crippen LogP) is 4.08. The average Bonchev–Trinajstić information content (AvgIpc) is 3.55. The van der Waals surface area contributed by atoms with Crippen LogP contribution in [0.5, 0.6) is 0 Å². The van der Waals surface area contributed by atoms with Gasteiger partial charge in [-0.15, -0.1) is 0 Å². The third-order valence-corrected chi connectivity index (χ3v) is 7.39. The standard InChI is InChI=1S/C29H27N5O3/c30-29-31-24-12-11-18(22-9-4-3-8-21(22)17-33-13-5-10-25(33)28(36)37)14-23(24)26(32-29)27(35)34-15-19-6-1-2-7-20(19)16-34/h1-4,6-9,11-12,14,25H,5,10,13,15-17H2,(H,36,37)(H2,30,31,32)/t25-/m0/s1. The van der Waals surface area contributed by atoms with Gasteiger partial charge in [-0.3, -0.25) is 14.5 Å². The van der Waals surface area contributed by atoms with Gasteiger partial charge in [0.1, 0.15) is 11.7 Å². The van der Waals surface area contributed by atoms with Crippen LogP contribution in [-0.4, -0.2) is 49.3 Å². The number of aliphatic carboxylic acids is 1. The highest BCUT2D eigenvalue weighted by Gasteiger charge is 2.31. The molecule has 0 saturated carbocycles. The number of carbonyl (C=O) groups excluding carboxylic acids is 1. The van der Waals surface area contributed by atoms with Crippen molar-refractivity contribution in [1.29, 1.82) is 0 Å². The number of carboxylic acid groups (broad SMARTS) is 1. The van der Waals surface area contributed by atoms with Gasteiger partial charge in [0.2, 0.25) is 5.95 Å². The van der Waals surface area contributed by atoms with Crippen LogP contribution in [0.4, 0.5) is 5.95 Å². The molecule has 0 unspecified atom stereocenters. The van der Waals surface area contributed by atoms with E-state index in [1.54, 1.807) is 4.90 Å². The number of carboxylic acids is 1. The normalized spacial score (nSPS) is 17.3. The number of anilines is 1. The third-order valence-electron chi connectivity index (χ3n) is 7.39. The minimum absolute atomic E-state index is 0.0643. The van der Waals surface area contributed by atoms with Crippen LogP contribution in [0.25, 0.3) is 22.0 Å². The maximum absolute atomic E-state index is 13.6. The summed E-state index contributed by atoms with van der Waals surface area (Å²) in [6, 6.07) is 21.4. The molecule has 0 radical (unpaired) electrons. The van der Waals surface area contributed by atoms with Gasteiger partial charge >= 0.3 is 5.97 Å². The Hall–Kier alpha value is -4.30. The topological polar surface area (TPSA) is 113 Å². The van der Waals surface area contributed by atoms with E-state index in [4.69, 9.17) is 5.73 Å². The Bertz CT molecular complexity index is 1510. The first-order valence-corrected chi connectivity index (χ1v) is 12.5. The highest BCUT2D eigenvalue weighted by atomic mass is 16.4. The van der Waals surface area contributed by atoms with E-state index >= 15 is 0 Å². The van der Waals surface area contributed by atoms with Crippen molar-refractivity contribution in [3.8, 4) is 11.1 Å². The SMILES string of the molecule is Nc1nc(C(=O)N2Cc3ccccc3C2)c2cc(-c3ccccc3CN3CCC[C@H]3C(=O)O)ccc2n1. The number of hydrogen-bond donors (Lipinski definition) is 2. The van der Waals surface area contributed by atoms with Gasteiger partial charge in [0.05, 0.1) is 5.52 Å². The number of benzene rings is 3. The van der Waals surface area contributed by atoms with Gasteiger partial charge in [-0.25, -0.2) is 9.97 Å². The summed E-state index contributed by atoms with van der Waals surface area (Å²) in [5.41, 5.74) is 12.1. The van der Waals surface area contributed by atoms with E-state index in [2.05, 4.69) is 9.97 Å². The van der Waals surface area contributed by atoms with E-state index in [1.165, 1.54) is 0 Å². The molecule has 37 heavy (non-hydrogen) atoms. The summed E-state index contributed by atoms with van der Waals surface area (Å²) in [5.74, 6) is -0.890. The summed E-state index contributed by atoms with van der Waals surface area (Å²) in [7, 11) is 0. The van der Waals surface area contributed by atoms with Crippen molar-refractivity contribution in [2.75, 3.05) is 12.3 Å². The van der Waals surface area contributed by atoms with E-state index in [1.807, 2.05) is 71.6 Å². The molecule has 2 aliphatic heterocycles. The van der Waals surface area contributed by atoms with Crippen molar-refractivity contribution in [3.05, 3.63) is 89.1 Å². The van der Waals surface area contributed by atoms with Crippen molar-refractivity contribution >= 4 is 28.7 Å². The lowest BCUT2D eigenvalue weighted by molar-refractivity contribution is -0.142. The van der Waals surface area contributed by atoms with Gasteiger partial charge in [-0.2, -0.15) is 0 Å². The predicted molar refractivity (Wildman–Crippen MR) is 140 cm³/mol. The Kier molecular flexibility index (Phi) is 5.81. The number of carbonyl (C=O) groups is 2. The molecule has 8 heteroatoms. The van der Waals surface area contributed by atoms with E-state index < -0.39 is 12.0 Å². The molecule has 1 saturated heterocycles. The highest BCUT2D eigenvalue weighted by molar-refractivity contribution is 6.06. The van der Waals surface area contributed by atoms with Crippen LogP contribution in [0.1, 0.15) is 40.0 Å². The second-order valence-corrected chi connectivity index (χ2v) is 9.72. The lowest BCUT2D eigenvalue weighted by Crippen LogP contribution is -2.35. The van der Waals surface area contributed by atoms with Crippen molar-refractivity contribution in [2.24, 2.45) is 0 Å². The summed E-state index contributed by atoms with van der Waals surface area (Å²) >= 11 is 0. The number of amides is 1. The lowest BCUT2D eigenvalue weighted by Gasteiger charge is -2.22. The number of nitrogens with zero attached hydrogens (tertiary/aromatic N) is 4. The molecule has 8 nitrogen and oxygen atoms in total. The molecule has 3 N–H and O–H groups in total. The Labute approximate surface area is 214 Å². The largest absolute Gasteiger partial charge is 0.480 e. The Morgan fingerprint density at radius 2 is 1.70 bits per heavy atom. The van der Waals surface area contributed by atoms with Crippen LogP contribution in [0.15, 0.2) is 66.7 Å². The minimum Gasteiger partial charge on any atom is -0.480 e. The van der Waals surface area contributed by atoms with Gasteiger partial charge in [-0.05, 0) is 59.3 Å². The van der Waals surface area contributed by atoms with Crippen LogP contribution in [0, 0.1) is 0 Å². The summed E-state index contributed by atoms with van der Waals surface area (Å²) < 4.78 is 0. The fourth-order valence-corrected chi connectivity index (χ4v) is 5.56. The molecule has 1 amide bonds. The molecule has 3 heterocycles. The van der Waals surface area contributed by atoms with Crippen LogP contribution >= 0.6 is 0 Å². The second-order valence-electron chi connectivity index (χ2n) is 9.72. The number of likely N-dealkylation sites (tertiary alicyclic amines) is 1. The number of nitrogens with two attached hydrogens (primary N) is 1. The quantitative estimate of drug-likeness (QED) is 0.431. The van der Waals surface area contributed by atoms with Gasteiger partial charge in [0.25, 0.3) is 5.91 Å². The summed E-state index contributed by atoms with van der Waals surface area (Å²) in [6.07, 6.45) is 1.54. The van der Waals surface area contributed by atoms with Gasteiger partial charge in [0, 0.05) is 25.0 Å². The fourth-order valence-electron chi connectivity index (χ4n) is 5.56. The van der Waals surface area contributed by atoms with E-state index in [0.29, 0.717) is 42.7 Å². The van der Waals surface area contributed by atoms with Crippen LogP contribution in [0.3, 0.4) is 0 Å². The van der Waals surface area contributed by atoms with Crippen LogP contribution in [-0.2, 0) is 24.4 Å². The van der Waals surface area contributed by atoms with Gasteiger partial charge in [-0.1, -0.05) is 54.6 Å². The molecule has 1 fully saturated rings. The molecular weight excluding hydrogens is 466 g/mol. The molecule has 4 aromatic rings. The zero-order valence-electron chi connectivity index (χ0n) is 20.3. The second kappa shape index (κ2) is 9.29. The number of aromatic nitrogens is 2. The van der Waals surface area contributed by atoms with E-state index in [-0.39, 0.29) is 11.9 Å². The minimum atomic E-state index is -0.775. The zero-order valence-corrected chi connectivity index (χ0v) is 20.3. The monoisotopic (exact) mass is 493 g/mol. The van der Waals surface area contributed by atoms with Crippen LogP contribution < -0.4 is 5.73 Å². The smallest absolute Gasteiger partial charge is 0.320 e. The molecule has 0 spiro atoms. The summed E-state index contributed by atoms with van der Waals surface area (Å²) in [5, 5.41) is 10.3. The lowest BCUT2D eigenvalue weighted by atomic mass is 9.97. The number of fused-ring (bicyclic) bond motifs is 2. The number of hydrogen-bond acceptors (Lipinski definition) is 6. The fraction of sp³-hybridized carbons (Fsp3) is 0.241. The molecule has 2 aliphatic rings. The van der Waals surface area contributed by atoms with Gasteiger partial charge in [0.15, 0.2) is 0 Å². The average molecular weight is 494 g/mol. The Morgan fingerprint density at radius 1 is 0.973 bits per heavy atom. The molecule has 0 bridgehead atoms. The molecule has 6 rings (SSSR count). The van der Waals surface area contributed by atoms with Crippen molar-refractivity contribution in [3.63, 3.8) is 0 Å². The van der Waals surface area contributed by atoms with Crippen molar-refractivity contribution in [2.45, 2.75) is 38.5 Å². The summed E-state index contributed by atoms with van der Waals surface area (Å²) in [4.78, 5) is 37.9. The maximum Gasteiger partial charge on any atom is 0.320 e. The molecule has 186 valence electrons. The third kappa shape index (κ3) is 4.29. The molecule has 1 aromatic heterocycles. The molecule has 1 atom stereocenters. The van der Waals surface area contributed by atoms with Crippen molar-refractivity contribution < 1.29 is 14.7 Å². The Morgan fingerprint density at radius 3 is 2.46 bits per heavy atom. The summed E-state index contributed by atoms with van der Waals surface area (Å²) in [6.45, 7) is 2.36. The first-order valence-electron chi connectivity index (χ1n) is 12.5. The van der Waals surface area contributed by atoms with Crippen LogP contribution in [0.2, 0.25) is 0 Å². The maximum atomic E-state index is 13.6. The number of rotatable bonds is 5. The number of nitrogen functional groups attached to an aromatic ring is 1. The molecule has 3 aromatic carbocycles. The van der Waals surface area contributed by atoms with E-state index in [0.717, 1.165) is 40.8 Å². The van der Waals surface area contributed by atoms with E-state index in [9.17, 15) is 14.7 Å².